The van der Waals surface area contributed by atoms with Crippen LogP contribution in [0.5, 0.6) is 0 Å². The first-order chi connectivity index (χ1) is 13.1. The van der Waals surface area contributed by atoms with Gasteiger partial charge in [-0.05, 0) is 18.4 Å². The normalized spacial score (nSPS) is 13.0. The Morgan fingerprint density at radius 2 is 1.44 bits per heavy atom. The largest absolute Gasteiger partial charge is 0.466 e. The highest BCUT2D eigenvalue weighted by atomic mass is 16.6. The highest BCUT2D eigenvalue weighted by molar-refractivity contribution is 5.82. The lowest BCUT2D eigenvalue weighted by atomic mass is 10.1. The molecular formula is C22H34O5. The number of carbonyl (C=O) groups is 2. The van der Waals surface area contributed by atoms with E-state index in [4.69, 9.17) is 14.2 Å². The number of carbonyl (C=O) groups excluding carboxylic acids is 2. The number of hydrogen-bond acceptors (Lipinski definition) is 5. The smallest absolute Gasteiger partial charge is 0.347 e. The van der Waals surface area contributed by atoms with Crippen molar-refractivity contribution in [2.75, 3.05) is 14.2 Å². The summed E-state index contributed by atoms with van der Waals surface area (Å²) in [5, 5.41) is 0. The van der Waals surface area contributed by atoms with E-state index in [0.717, 1.165) is 19.3 Å². The number of benzene rings is 1. The molecule has 5 nitrogen and oxygen atoms in total. The third kappa shape index (κ3) is 9.05. The molecule has 27 heavy (non-hydrogen) atoms. The molecule has 0 amide bonds. The summed E-state index contributed by atoms with van der Waals surface area (Å²) < 4.78 is 15.5. The fourth-order valence-corrected chi connectivity index (χ4v) is 3.02. The predicted molar refractivity (Wildman–Crippen MR) is 105 cm³/mol. The molecule has 152 valence electrons. The van der Waals surface area contributed by atoms with Crippen LogP contribution in [0, 0.1) is 0 Å². The topological polar surface area (TPSA) is 61.8 Å². The standard InChI is InChI=1S/C22H34O5/c1-4-5-6-7-8-9-10-14-17-19(21(23)26-3)27-22(24)20(25-2)18-15-12-11-13-16-18/h11-13,15-16,19-20H,4-10,14,17H2,1-3H3/t19-,20+/m0/s1. The van der Waals surface area contributed by atoms with Gasteiger partial charge in [-0.3, -0.25) is 0 Å². The highest BCUT2D eigenvalue weighted by Crippen LogP contribution is 2.20. The summed E-state index contributed by atoms with van der Waals surface area (Å²) in [5.41, 5.74) is 0.695. The van der Waals surface area contributed by atoms with Crippen molar-refractivity contribution in [1.82, 2.24) is 0 Å². The minimum Gasteiger partial charge on any atom is -0.466 e. The molecule has 1 rings (SSSR count). The van der Waals surface area contributed by atoms with Crippen LogP contribution in [0.1, 0.15) is 76.4 Å². The molecule has 0 unspecified atom stereocenters. The van der Waals surface area contributed by atoms with Crippen LogP contribution < -0.4 is 0 Å². The van der Waals surface area contributed by atoms with Gasteiger partial charge in [-0.2, -0.15) is 0 Å². The summed E-state index contributed by atoms with van der Waals surface area (Å²) in [6, 6.07) is 9.10. The molecular weight excluding hydrogens is 344 g/mol. The molecule has 0 aromatic heterocycles. The molecule has 5 heteroatoms. The average Bonchev–Trinajstić information content (AvgIpc) is 2.69. The molecule has 0 aliphatic carbocycles. The van der Waals surface area contributed by atoms with E-state index in [-0.39, 0.29) is 0 Å². The van der Waals surface area contributed by atoms with Gasteiger partial charge in [0, 0.05) is 7.11 Å². The third-order valence-corrected chi connectivity index (χ3v) is 4.59. The van der Waals surface area contributed by atoms with Gasteiger partial charge in [0.15, 0.2) is 12.2 Å². The number of ether oxygens (including phenoxy) is 3. The van der Waals surface area contributed by atoms with E-state index < -0.39 is 24.1 Å². The van der Waals surface area contributed by atoms with Gasteiger partial charge in [0.2, 0.25) is 0 Å². The van der Waals surface area contributed by atoms with Crippen LogP contribution in [0.15, 0.2) is 30.3 Å². The van der Waals surface area contributed by atoms with Crippen LogP contribution in [0.3, 0.4) is 0 Å². The van der Waals surface area contributed by atoms with Crippen LogP contribution >= 0.6 is 0 Å². The number of hydrogen-bond donors (Lipinski definition) is 0. The Morgan fingerprint density at radius 1 is 0.852 bits per heavy atom. The van der Waals surface area contributed by atoms with Crippen molar-refractivity contribution in [3.05, 3.63) is 35.9 Å². The van der Waals surface area contributed by atoms with Gasteiger partial charge < -0.3 is 14.2 Å². The van der Waals surface area contributed by atoms with Gasteiger partial charge in [0.05, 0.1) is 7.11 Å². The van der Waals surface area contributed by atoms with E-state index in [1.165, 1.54) is 46.3 Å². The van der Waals surface area contributed by atoms with E-state index in [2.05, 4.69) is 6.92 Å². The molecule has 0 heterocycles. The fraction of sp³-hybridized carbons (Fsp3) is 0.636. The van der Waals surface area contributed by atoms with Crippen LogP contribution in [-0.2, 0) is 23.8 Å². The Morgan fingerprint density at radius 3 is 2.00 bits per heavy atom. The van der Waals surface area contributed by atoms with Gasteiger partial charge in [-0.25, -0.2) is 9.59 Å². The van der Waals surface area contributed by atoms with Gasteiger partial charge in [-0.15, -0.1) is 0 Å². The molecule has 0 radical (unpaired) electrons. The Bertz CT molecular complexity index is 529. The van der Waals surface area contributed by atoms with E-state index in [1.807, 2.05) is 18.2 Å². The summed E-state index contributed by atoms with van der Waals surface area (Å²) in [4.78, 5) is 24.5. The SMILES string of the molecule is CCCCCCCCCC[C@H](OC(=O)[C@H](OC)c1ccccc1)C(=O)OC. The van der Waals surface area contributed by atoms with Crippen LogP contribution in [0.25, 0.3) is 0 Å². The highest BCUT2D eigenvalue weighted by Gasteiger charge is 2.29. The summed E-state index contributed by atoms with van der Waals surface area (Å²) in [6.45, 7) is 2.21. The second kappa shape index (κ2) is 14.2. The summed E-state index contributed by atoms with van der Waals surface area (Å²) in [7, 11) is 2.76. The summed E-state index contributed by atoms with van der Waals surface area (Å²) in [6.07, 6.45) is 8.01. The van der Waals surface area contributed by atoms with Gasteiger partial charge in [0.1, 0.15) is 0 Å². The minimum atomic E-state index is -0.885. The molecule has 0 saturated carbocycles. The third-order valence-electron chi connectivity index (χ3n) is 4.59. The zero-order chi connectivity index (χ0) is 19.9. The lowest BCUT2D eigenvalue weighted by Crippen LogP contribution is -2.31. The van der Waals surface area contributed by atoms with Crippen LogP contribution in [0.2, 0.25) is 0 Å². The molecule has 0 bridgehead atoms. The van der Waals surface area contributed by atoms with Crippen molar-refractivity contribution < 1.29 is 23.8 Å². The van der Waals surface area contributed by atoms with E-state index >= 15 is 0 Å². The average molecular weight is 379 g/mol. The van der Waals surface area contributed by atoms with Crippen LogP contribution in [0.4, 0.5) is 0 Å². The molecule has 0 aliphatic rings. The Kier molecular flexibility index (Phi) is 12.2. The maximum atomic E-state index is 12.5. The van der Waals surface area contributed by atoms with E-state index in [1.54, 1.807) is 12.1 Å². The van der Waals surface area contributed by atoms with Crippen molar-refractivity contribution in [3.63, 3.8) is 0 Å². The Labute approximate surface area is 163 Å². The van der Waals surface area contributed by atoms with Crippen molar-refractivity contribution in [2.24, 2.45) is 0 Å². The second-order valence-electron chi connectivity index (χ2n) is 6.74. The summed E-state index contributed by atoms with van der Waals surface area (Å²) >= 11 is 0. The van der Waals surface area contributed by atoms with Crippen LogP contribution in [-0.4, -0.2) is 32.3 Å². The number of rotatable bonds is 14. The molecule has 1 aromatic carbocycles. The first-order valence-electron chi connectivity index (χ1n) is 10.00. The Hall–Kier alpha value is -1.88. The first kappa shape index (κ1) is 23.2. The molecule has 0 spiro atoms. The molecule has 0 aliphatic heterocycles. The van der Waals surface area contributed by atoms with E-state index in [0.29, 0.717) is 12.0 Å². The molecule has 1 aromatic rings. The predicted octanol–water partition coefficient (Wildman–Crippen LogP) is 4.99. The van der Waals surface area contributed by atoms with Gasteiger partial charge >= 0.3 is 11.9 Å². The minimum absolute atomic E-state index is 0.471. The van der Waals surface area contributed by atoms with Gasteiger partial charge in [-0.1, -0.05) is 82.2 Å². The van der Waals surface area contributed by atoms with Gasteiger partial charge in [0.25, 0.3) is 0 Å². The second-order valence-corrected chi connectivity index (χ2v) is 6.74. The maximum absolute atomic E-state index is 12.5. The quantitative estimate of drug-likeness (QED) is 0.337. The molecule has 0 fully saturated rings. The van der Waals surface area contributed by atoms with Crippen molar-refractivity contribution in [2.45, 2.75) is 76.9 Å². The fourth-order valence-electron chi connectivity index (χ4n) is 3.02. The van der Waals surface area contributed by atoms with Crippen molar-refractivity contribution in [3.8, 4) is 0 Å². The first-order valence-corrected chi connectivity index (χ1v) is 10.00. The van der Waals surface area contributed by atoms with E-state index in [9.17, 15) is 9.59 Å². The van der Waals surface area contributed by atoms with Crippen molar-refractivity contribution in [1.29, 1.82) is 0 Å². The Balaban J connectivity index is 2.47. The lowest BCUT2D eigenvalue weighted by molar-refractivity contribution is -0.173. The lowest BCUT2D eigenvalue weighted by Gasteiger charge is -2.20. The summed E-state index contributed by atoms with van der Waals surface area (Å²) in [5.74, 6) is -1.09. The monoisotopic (exact) mass is 378 g/mol. The molecule has 0 saturated heterocycles. The maximum Gasteiger partial charge on any atom is 0.347 e. The number of methoxy groups -OCH3 is 2. The molecule has 2 atom stereocenters. The number of esters is 2. The zero-order valence-electron chi connectivity index (χ0n) is 16.9. The number of unbranched alkanes of at least 4 members (excludes halogenated alkanes) is 7. The molecule has 0 N–H and O–H groups in total. The van der Waals surface area contributed by atoms with Crippen molar-refractivity contribution >= 4 is 11.9 Å². The zero-order valence-corrected chi connectivity index (χ0v) is 16.9.